The summed E-state index contributed by atoms with van der Waals surface area (Å²) in [6, 6.07) is 6.75. The van der Waals surface area contributed by atoms with Crippen molar-refractivity contribution < 1.29 is 9.90 Å². The predicted molar refractivity (Wildman–Crippen MR) is 53.0 cm³/mol. The number of pyridine rings is 1. The van der Waals surface area contributed by atoms with Gasteiger partial charge in [-0.15, -0.1) is 0 Å². The highest BCUT2D eigenvalue weighted by atomic mass is 16.4. The summed E-state index contributed by atoms with van der Waals surface area (Å²) in [7, 11) is 0. The molecule has 2 heterocycles. The molecule has 16 heavy (non-hydrogen) atoms. The molecule has 0 aliphatic carbocycles. The zero-order valence-electron chi connectivity index (χ0n) is 8.03. The fourth-order valence-electron chi connectivity index (χ4n) is 1.17. The quantitative estimate of drug-likeness (QED) is 0.799. The molecule has 0 aliphatic heterocycles. The monoisotopic (exact) mass is 214 g/mol. The Morgan fingerprint density at radius 2 is 2.31 bits per heavy atom. The second-order valence-electron chi connectivity index (χ2n) is 2.97. The topological polar surface area (TPSA) is 91.8 Å². The number of hydrogen-bond donors (Lipinski definition) is 1. The van der Waals surface area contributed by atoms with Gasteiger partial charge in [0.15, 0.2) is 5.82 Å². The largest absolute Gasteiger partial charge is 0.478 e. The average molecular weight is 214 g/mol. The van der Waals surface area contributed by atoms with E-state index in [-0.39, 0.29) is 11.3 Å². The molecular weight excluding hydrogens is 208 g/mol. The first-order valence-corrected chi connectivity index (χ1v) is 4.36. The first-order chi connectivity index (χ1) is 7.70. The van der Waals surface area contributed by atoms with Gasteiger partial charge in [0.05, 0.1) is 11.8 Å². The van der Waals surface area contributed by atoms with Crippen molar-refractivity contribution >= 4 is 5.97 Å². The molecule has 2 aromatic heterocycles. The van der Waals surface area contributed by atoms with E-state index in [0.29, 0.717) is 5.82 Å². The first kappa shape index (κ1) is 9.86. The number of aromatic nitrogens is 3. The first-order valence-electron chi connectivity index (χ1n) is 4.36. The molecule has 0 saturated carbocycles. The van der Waals surface area contributed by atoms with E-state index in [1.165, 1.54) is 17.1 Å². The van der Waals surface area contributed by atoms with Crippen LogP contribution in [0.5, 0.6) is 0 Å². The highest BCUT2D eigenvalue weighted by Gasteiger charge is 2.07. The van der Waals surface area contributed by atoms with Crippen molar-refractivity contribution in [3.63, 3.8) is 0 Å². The number of carboxylic acid groups (broad SMARTS) is 1. The lowest BCUT2D eigenvalue weighted by atomic mass is 10.3. The van der Waals surface area contributed by atoms with E-state index in [9.17, 15) is 4.79 Å². The van der Waals surface area contributed by atoms with Gasteiger partial charge in [0.25, 0.3) is 0 Å². The maximum atomic E-state index is 10.6. The molecule has 0 aliphatic rings. The standard InChI is InChI=1S/C10H6N4O2/c11-4-8-2-1-3-9(13-8)14-6-7(5-12-14)10(15)16/h1-3,5-6H,(H,15,16). The Morgan fingerprint density at radius 1 is 1.50 bits per heavy atom. The molecule has 0 spiro atoms. The van der Waals surface area contributed by atoms with E-state index < -0.39 is 5.97 Å². The van der Waals surface area contributed by atoms with Gasteiger partial charge < -0.3 is 5.11 Å². The molecule has 0 amide bonds. The van der Waals surface area contributed by atoms with Crippen LogP contribution in [0.15, 0.2) is 30.6 Å². The van der Waals surface area contributed by atoms with Gasteiger partial charge in [-0.05, 0) is 12.1 Å². The second kappa shape index (κ2) is 3.82. The Labute approximate surface area is 90.4 Å². The number of aromatic carboxylic acids is 1. The lowest BCUT2D eigenvalue weighted by Gasteiger charge is -1.98. The van der Waals surface area contributed by atoms with Crippen molar-refractivity contribution in [2.45, 2.75) is 0 Å². The number of hydrogen-bond acceptors (Lipinski definition) is 4. The Balaban J connectivity index is 2.43. The highest BCUT2D eigenvalue weighted by Crippen LogP contribution is 2.06. The van der Waals surface area contributed by atoms with Crippen molar-refractivity contribution in [3.8, 4) is 11.9 Å². The Kier molecular flexibility index (Phi) is 2.36. The molecule has 0 unspecified atom stereocenters. The minimum atomic E-state index is -1.05. The number of carboxylic acids is 1. The van der Waals surface area contributed by atoms with Crippen LogP contribution in [0.4, 0.5) is 0 Å². The third-order valence-electron chi connectivity index (χ3n) is 1.91. The molecule has 0 aromatic carbocycles. The summed E-state index contributed by atoms with van der Waals surface area (Å²) in [5, 5.41) is 21.2. The fraction of sp³-hybridized carbons (Fsp3) is 0. The average Bonchev–Trinajstić information content (AvgIpc) is 2.78. The molecule has 6 heteroatoms. The fourth-order valence-corrected chi connectivity index (χ4v) is 1.17. The van der Waals surface area contributed by atoms with Crippen LogP contribution in [0.2, 0.25) is 0 Å². The third kappa shape index (κ3) is 1.74. The summed E-state index contributed by atoms with van der Waals surface area (Å²) in [5.74, 6) is -0.644. The molecule has 0 saturated heterocycles. The van der Waals surface area contributed by atoms with Crippen molar-refractivity contribution in [1.82, 2.24) is 14.8 Å². The summed E-state index contributed by atoms with van der Waals surface area (Å²) in [6.45, 7) is 0. The molecule has 0 bridgehead atoms. The molecule has 2 aromatic rings. The van der Waals surface area contributed by atoms with Gasteiger partial charge in [-0.25, -0.2) is 14.5 Å². The van der Waals surface area contributed by atoms with Gasteiger partial charge >= 0.3 is 5.97 Å². The van der Waals surface area contributed by atoms with Gasteiger partial charge in [-0.1, -0.05) is 6.07 Å². The van der Waals surface area contributed by atoms with Crippen LogP contribution in [0.1, 0.15) is 16.1 Å². The van der Waals surface area contributed by atoms with E-state index in [1.54, 1.807) is 18.2 Å². The molecule has 1 N–H and O–H groups in total. The second-order valence-corrected chi connectivity index (χ2v) is 2.97. The van der Waals surface area contributed by atoms with Crippen LogP contribution < -0.4 is 0 Å². The van der Waals surface area contributed by atoms with Gasteiger partial charge in [-0.2, -0.15) is 10.4 Å². The van der Waals surface area contributed by atoms with Crippen LogP contribution in [0.25, 0.3) is 5.82 Å². The SMILES string of the molecule is N#Cc1cccc(-n2cc(C(=O)O)cn2)n1. The molecule has 0 radical (unpaired) electrons. The lowest BCUT2D eigenvalue weighted by molar-refractivity contribution is 0.0697. The van der Waals surface area contributed by atoms with E-state index in [0.717, 1.165) is 0 Å². The number of nitrogens with zero attached hydrogens (tertiary/aromatic N) is 4. The number of carbonyl (C=O) groups is 1. The Bertz CT molecular complexity index is 583. The minimum absolute atomic E-state index is 0.0733. The molecule has 0 atom stereocenters. The zero-order chi connectivity index (χ0) is 11.5. The summed E-state index contributed by atoms with van der Waals surface area (Å²) in [5.41, 5.74) is 0.328. The van der Waals surface area contributed by atoms with Crippen molar-refractivity contribution in [1.29, 1.82) is 5.26 Å². The molecule has 6 nitrogen and oxygen atoms in total. The summed E-state index contributed by atoms with van der Waals surface area (Å²) in [6.07, 6.45) is 2.56. The van der Waals surface area contributed by atoms with E-state index in [1.807, 2.05) is 6.07 Å². The van der Waals surface area contributed by atoms with E-state index in [4.69, 9.17) is 10.4 Å². The van der Waals surface area contributed by atoms with Crippen molar-refractivity contribution in [3.05, 3.63) is 41.9 Å². The summed E-state index contributed by atoms with van der Waals surface area (Å²) >= 11 is 0. The lowest BCUT2D eigenvalue weighted by Crippen LogP contribution is -1.99. The Hall–Kier alpha value is -2.68. The number of rotatable bonds is 2. The third-order valence-corrected chi connectivity index (χ3v) is 1.91. The Morgan fingerprint density at radius 3 is 2.94 bits per heavy atom. The number of nitriles is 1. The predicted octanol–water partition coefficient (Wildman–Crippen LogP) is 0.837. The van der Waals surface area contributed by atoms with Crippen LogP contribution >= 0.6 is 0 Å². The molecule has 0 fully saturated rings. The van der Waals surface area contributed by atoms with Crippen LogP contribution in [0.3, 0.4) is 0 Å². The van der Waals surface area contributed by atoms with Gasteiger partial charge in [0.2, 0.25) is 0 Å². The van der Waals surface area contributed by atoms with Gasteiger partial charge in [0.1, 0.15) is 11.8 Å². The maximum Gasteiger partial charge on any atom is 0.338 e. The van der Waals surface area contributed by atoms with Gasteiger partial charge in [0, 0.05) is 6.20 Å². The summed E-state index contributed by atoms with van der Waals surface area (Å²) in [4.78, 5) is 14.6. The van der Waals surface area contributed by atoms with E-state index in [2.05, 4.69) is 10.1 Å². The molecule has 78 valence electrons. The summed E-state index contributed by atoms with van der Waals surface area (Å²) < 4.78 is 1.31. The van der Waals surface area contributed by atoms with Crippen LogP contribution in [0, 0.1) is 11.3 Å². The maximum absolute atomic E-state index is 10.6. The highest BCUT2D eigenvalue weighted by molar-refractivity contribution is 5.86. The van der Waals surface area contributed by atoms with E-state index >= 15 is 0 Å². The van der Waals surface area contributed by atoms with Gasteiger partial charge in [-0.3, -0.25) is 0 Å². The smallest absolute Gasteiger partial charge is 0.338 e. The van der Waals surface area contributed by atoms with Crippen LogP contribution in [-0.2, 0) is 0 Å². The van der Waals surface area contributed by atoms with Crippen LogP contribution in [-0.4, -0.2) is 25.8 Å². The normalized spacial score (nSPS) is 9.69. The molecule has 2 rings (SSSR count). The minimum Gasteiger partial charge on any atom is -0.478 e. The van der Waals surface area contributed by atoms with Crippen molar-refractivity contribution in [2.24, 2.45) is 0 Å². The zero-order valence-corrected chi connectivity index (χ0v) is 8.03. The molecular formula is C10H6N4O2. The van der Waals surface area contributed by atoms with Crippen molar-refractivity contribution in [2.75, 3.05) is 0 Å².